The average Bonchev–Trinajstić information content (AvgIpc) is 3.31. The molecule has 1 saturated heterocycles. The molecule has 2 aliphatic rings. The van der Waals surface area contributed by atoms with Crippen molar-refractivity contribution in [2.75, 3.05) is 25.0 Å². The highest BCUT2D eigenvalue weighted by atomic mass is 15.2. The Bertz CT molecular complexity index is 621. The summed E-state index contributed by atoms with van der Waals surface area (Å²) in [4.78, 5) is 6.83. The van der Waals surface area contributed by atoms with Crippen LogP contribution in [0.4, 0.5) is 5.69 Å². The van der Waals surface area contributed by atoms with Crippen molar-refractivity contribution in [1.82, 2.24) is 9.88 Å². The lowest BCUT2D eigenvalue weighted by molar-refractivity contribution is 0.208. The van der Waals surface area contributed by atoms with Gasteiger partial charge in [-0.15, -0.1) is 0 Å². The van der Waals surface area contributed by atoms with E-state index in [2.05, 4.69) is 39.5 Å². The first-order valence-electron chi connectivity index (χ1n) is 8.19. The molecule has 0 amide bonds. The minimum absolute atomic E-state index is 0.594. The summed E-state index contributed by atoms with van der Waals surface area (Å²) in [5.41, 5.74) is 1.24. The van der Waals surface area contributed by atoms with E-state index in [4.69, 9.17) is 0 Å². The van der Waals surface area contributed by atoms with Crippen LogP contribution in [0.5, 0.6) is 0 Å². The van der Waals surface area contributed by atoms with E-state index in [1.165, 1.54) is 61.8 Å². The summed E-state index contributed by atoms with van der Waals surface area (Å²) in [7, 11) is 0. The van der Waals surface area contributed by atoms with Gasteiger partial charge in [-0.05, 0) is 61.7 Å². The second-order valence-electron chi connectivity index (χ2n) is 6.62. The predicted octanol–water partition coefficient (Wildman–Crippen LogP) is 3.52. The first kappa shape index (κ1) is 13.1. The summed E-state index contributed by atoms with van der Waals surface area (Å²) in [5.74, 6) is 0.997. The summed E-state index contributed by atoms with van der Waals surface area (Å²) >= 11 is 0. The van der Waals surface area contributed by atoms with E-state index in [0.29, 0.717) is 6.04 Å². The van der Waals surface area contributed by atoms with Crippen LogP contribution >= 0.6 is 0 Å². The molecular weight excluding hydrogens is 258 g/mol. The number of benzene rings is 1. The first-order chi connectivity index (χ1) is 10.4. The number of fused-ring (bicyclic) bond motifs is 1. The number of hydrogen-bond donors (Lipinski definition) is 1. The average molecular weight is 281 g/mol. The van der Waals surface area contributed by atoms with Crippen molar-refractivity contribution in [2.24, 2.45) is 5.92 Å². The lowest BCUT2D eigenvalue weighted by Gasteiger charge is -2.33. The molecule has 110 valence electrons. The van der Waals surface area contributed by atoms with Gasteiger partial charge in [0, 0.05) is 42.6 Å². The molecule has 21 heavy (non-hydrogen) atoms. The molecule has 0 spiro atoms. The second-order valence-corrected chi connectivity index (χ2v) is 6.62. The van der Waals surface area contributed by atoms with E-state index in [0.717, 1.165) is 5.92 Å². The summed E-state index contributed by atoms with van der Waals surface area (Å²) in [6.07, 6.45) is 9.30. The second kappa shape index (κ2) is 5.64. The number of hydrogen-bond acceptors (Lipinski definition) is 3. The zero-order valence-corrected chi connectivity index (χ0v) is 12.5. The molecule has 1 aromatic heterocycles. The zero-order chi connectivity index (χ0) is 14.1. The minimum atomic E-state index is 0.594. The molecule has 4 rings (SSSR count). The highest BCUT2D eigenvalue weighted by molar-refractivity contribution is 5.84. The molecule has 0 radical (unpaired) electrons. The van der Waals surface area contributed by atoms with Crippen LogP contribution < -0.4 is 5.32 Å². The van der Waals surface area contributed by atoms with Crippen molar-refractivity contribution in [3.8, 4) is 0 Å². The number of rotatable bonds is 4. The quantitative estimate of drug-likeness (QED) is 0.929. The fraction of sp³-hybridized carbons (Fsp3) is 0.500. The van der Waals surface area contributed by atoms with Crippen molar-refractivity contribution in [3.05, 3.63) is 36.7 Å². The Morgan fingerprint density at radius 1 is 1.14 bits per heavy atom. The van der Waals surface area contributed by atoms with Crippen molar-refractivity contribution in [1.29, 1.82) is 0 Å². The van der Waals surface area contributed by atoms with Gasteiger partial charge in [-0.1, -0.05) is 6.07 Å². The molecule has 2 aromatic rings. The van der Waals surface area contributed by atoms with Gasteiger partial charge < -0.3 is 10.2 Å². The fourth-order valence-corrected chi connectivity index (χ4v) is 3.41. The van der Waals surface area contributed by atoms with Gasteiger partial charge in [0.25, 0.3) is 0 Å². The maximum Gasteiger partial charge on any atom is 0.0388 e. The van der Waals surface area contributed by atoms with Crippen LogP contribution in [-0.4, -0.2) is 35.6 Å². The van der Waals surface area contributed by atoms with E-state index in [9.17, 15) is 0 Å². The zero-order valence-electron chi connectivity index (χ0n) is 12.5. The molecule has 1 N–H and O–H groups in total. The molecule has 1 aliphatic heterocycles. The molecule has 1 saturated carbocycles. The Labute approximate surface area is 126 Å². The monoisotopic (exact) mass is 281 g/mol. The van der Waals surface area contributed by atoms with Gasteiger partial charge in [0.1, 0.15) is 0 Å². The topological polar surface area (TPSA) is 28.2 Å². The van der Waals surface area contributed by atoms with Gasteiger partial charge in [0.15, 0.2) is 0 Å². The van der Waals surface area contributed by atoms with Crippen LogP contribution in [0, 0.1) is 5.92 Å². The maximum atomic E-state index is 4.17. The highest BCUT2D eigenvalue weighted by Gasteiger charge is 2.27. The number of nitrogens with one attached hydrogen (secondary N) is 1. The molecule has 2 heterocycles. The molecule has 3 heteroatoms. The third kappa shape index (κ3) is 3.18. The van der Waals surface area contributed by atoms with Gasteiger partial charge in [0.05, 0.1) is 0 Å². The highest BCUT2D eigenvalue weighted by Crippen LogP contribution is 2.31. The number of anilines is 1. The minimum Gasteiger partial charge on any atom is -0.381 e. The van der Waals surface area contributed by atoms with Crippen LogP contribution in [0.25, 0.3) is 10.8 Å². The molecular formula is C18H23N3. The van der Waals surface area contributed by atoms with Crippen molar-refractivity contribution >= 4 is 16.5 Å². The SMILES string of the molecule is c1cc2cc(NC3CCCN(CC4CC4)C3)ccc2cn1. The molecule has 0 bridgehead atoms. The first-order valence-corrected chi connectivity index (χ1v) is 8.19. The van der Waals surface area contributed by atoms with Crippen LogP contribution in [0.15, 0.2) is 36.7 Å². The largest absolute Gasteiger partial charge is 0.381 e. The number of pyridine rings is 1. The number of nitrogens with zero attached hydrogens (tertiary/aromatic N) is 2. The Morgan fingerprint density at radius 3 is 3.00 bits per heavy atom. The van der Waals surface area contributed by atoms with Crippen molar-refractivity contribution in [2.45, 2.75) is 31.7 Å². The lowest BCUT2D eigenvalue weighted by Crippen LogP contribution is -2.42. The van der Waals surface area contributed by atoms with E-state index in [-0.39, 0.29) is 0 Å². The van der Waals surface area contributed by atoms with Gasteiger partial charge >= 0.3 is 0 Å². The Morgan fingerprint density at radius 2 is 2.10 bits per heavy atom. The molecule has 3 nitrogen and oxygen atoms in total. The van der Waals surface area contributed by atoms with E-state index < -0.39 is 0 Å². The molecule has 1 unspecified atom stereocenters. The standard InChI is InChI=1S/C18H23N3/c1-2-18(13-21(9-1)12-14-3-4-14)20-17-6-5-16-11-19-8-7-15(16)10-17/h5-8,10-11,14,18,20H,1-4,9,12-13H2. The van der Waals surface area contributed by atoms with E-state index in [1.54, 1.807) is 0 Å². The van der Waals surface area contributed by atoms with Crippen LogP contribution in [-0.2, 0) is 0 Å². The third-order valence-corrected chi connectivity index (χ3v) is 4.73. The summed E-state index contributed by atoms with van der Waals surface area (Å²) in [6, 6.07) is 9.27. The fourth-order valence-electron chi connectivity index (χ4n) is 3.41. The van der Waals surface area contributed by atoms with Gasteiger partial charge in [-0.3, -0.25) is 4.98 Å². The van der Waals surface area contributed by atoms with Crippen molar-refractivity contribution < 1.29 is 0 Å². The van der Waals surface area contributed by atoms with Crippen LogP contribution in [0.2, 0.25) is 0 Å². The number of likely N-dealkylation sites (tertiary alicyclic amines) is 1. The number of piperidine rings is 1. The molecule has 1 aromatic carbocycles. The third-order valence-electron chi connectivity index (χ3n) is 4.73. The Balaban J connectivity index is 1.43. The van der Waals surface area contributed by atoms with Gasteiger partial charge in [-0.2, -0.15) is 0 Å². The summed E-state index contributed by atoms with van der Waals surface area (Å²) < 4.78 is 0. The molecule has 1 atom stereocenters. The van der Waals surface area contributed by atoms with E-state index >= 15 is 0 Å². The molecule has 1 aliphatic carbocycles. The van der Waals surface area contributed by atoms with Crippen LogP contribution in [0.1, 0.15) is 25.7 Å². The molecule has 2 fully saturated rings. The predicted molar refractivity (Wildman–Crippen MR) is 87.6 cm³/mol. The smallest absolute Gasteiger partial charge is 0.0388 e. The van der Waals surface area contributed by atoms with Gasteiger partial charge in [0.2, 0.25) is 0 Å². The van der Waals surface area contributed by atoms with Gasteiger partial charge in [-0.25, -0.2) is 0 Å². The summed E-state index contributed by atoms with van der Waals surface area (Å²) in [5, 5.41) is 6.21. The summed E-state index contributed by atoms with van der Waals surface area (Å²) in [6.45, 7) is 3.81. The lowest BCUT2D eigenvalue weighted by atomic mass is 10.0. The normalized spacial score (nSPS) is 23.3. The van der Waals surface area contributed by atoms with E-state index in [1.807, 2.05) is 12.4 Å². The number of aromatic nitrogens is 1. The van der Waals surface area contributed by atoms with Crippen LogP contribution in [0.3, 0.4) is 0 Å². The Hall–Kier alpha value is -1.61. The maximum absolute atomic E-state index is 4.17. The van der Waals surface area contributed by atoms with Crippen molar-refractivity contribution in [3.63, 3.8) is 0 Å². The Kier molecular flexibility index (Phi) is 3.52.